The Balaban J connectivity index is 2.09. The predicted molar refractivity (Wildman–Crippen MR) is 110 cm³/mol. The van der Waals surface area contributed by atoms with E-state index in [4.69, 9.17) is 9.47 Å². The average molecular weight is 436 g/mol. The van der Waals surface area contributed by atoms with Crippen molar-refractivity contribution in [2.75, 3.05) is 32.6 Å². The Hall–Kier alpha value is -3.49. The molecule has 0 aliphatic heterocycles. The van der Waals surface area contributed by atoms with Gasteiger partial charge in [-0.2, -0.15) is 0 Å². The summed E-state index contributed by atoms with van der Waals surface area (Å²) in [7, 11) is 3.00. The highest BCUT2D eigenvalue weighted by atomic mass is 19.2. The molecule has 0 aliphatic rings. The van der Waals surface area contributed by atoms with Crippen molar-refractivity contribution >= 4 is 23.6 Å². The molecular formula is C22H23F3N2O4. The van der Waals surface area contributed by atoms with Crippen molar-refractivity contribution in [2.24, 2.45) is 0 Å². The predicted octanol–water partition coefficient (Wildman–Crippen LogP) is 4.01. The molecule has 2 rings (SSSR count). The molecule has 0 unspecified atom stereocenters. The highest BCUT2D eigenvalue weighted by Crippen LogP contribution is 2.28. The molecule has 31 heavy (non-hydrogen) atoms. The number of methoxy groups -OCH3 is 2. The number of hydrogen-bond donors (Lipinski definition) is 1. The number of rotatable bonds is 9. The third kappa shape index (κ3) is 6.24. The number of carbonyl (C=O) groups is 2. The summed E-state index contributed by atoms with van der Waals surface area (Å²) in [5, 5.41) is 2.15. The first-order chi connectivity index (χ1) is 14.8. The number of ether oxygens (including phenoxy) is 2. The van der Waals surface area contributed by atoms with Gasteiger partial charge in [-0.1, -0.05) is 13.0 Å². The Morgan fingerprint density at radius 1 is 1.03 bits per heavy atom. The maximum Gasteiger partial charge on any atom is 0.247 e. The van der Waals surface area contributed by atoms with Gasteiger partial charge >= 0.3 is 0 Å². The van der Waals surface area contributed by atoms with Gasteiger partial charge in [0.15, 0.2) is 29.0 Å². The summed E-state index contributed by atoms with van der Waals surface area (Å²) in [5.74, 6) is -4.70. The van der Waals surface area contributed by atoms with Gasteiger partial charge in [0.25, 0.3) is 0 Å². The second kappa shape index (κ2) is 11.1. The molecule has 0 aliphatic carbocycles. The second-order valence-corrected chi connectivity index (χ2v) is 6.48. The van der Waals surface area contributed by atoms with Gasteiger partial charge in [-0.15, -0.1) is 0 Å². The van der Waals surface area contributed by atoms with E-state index in [9.17, 15) is 22.8 Å². The largest absolute Gasteiger partial charge is 0.493 e. The van der Waals surface area contributed by atoms with Crippen LogP contribution in [0.3, 0.4) is 0 Å². The van der Waals surface area contributed by atoms with Gasteiger partial charge in [0.05, 0.1) is 19.9 Å². The lowest BCUT2D eigenvalue weighted by molar-refractivity contribution is -0.130. The highest BCUT2D eigenvalue weighted by Gasteiger charge is 2.18. The van der Waals surface area contributed by atoms with E-state index in [1.165, 1.54) is 25.2 Å². The zero-order valence-electron chi connectivity index (χ0n) is 17.4. The Bertz CT molecular complexity index is 979. The van der Waals surface area contributed by atoms with Crippen LogP contribution >= 0.6 is 0 Å². The molecule has 166 valence electrons. The topological polar surface area (TPSA) is 67.9 Å². The van der Waals surface area contributed by atoms with E-state index >= 15 is 0 Å². The fourth-order valence-electron chi connectivity index (χ4n) is 2.75. The molecule has 0 spiro atoms. The Morgan fingerprint density at radius 3 is 2.39 bits per heavy atom. The number of nitrogens with one attached hydrogen (secondary N) is 1. The fraction of sp³-hybridized carbons (Fsp3) is 0.273. The van der Waals surface area contributed by atoms with Crippen LogP contribution in [0, 0.1) is 17.5 Å². The van der Waals surface area contributed by atoms with Gasteiger partial charge in [0.1, 0.15) is 6.54 Å². The minimum atomic E-state index is -1.68. The van der Waals surface area contributed by atoms with Crippen LogP contribution in [-0.4, -0.2) is 44.0 Å². The van der Waals surface area contributed by atoms with E-state index in [-0.39, 0.29) is 13.1 Å². The van der Waals surface area contributed by atoms with E-state index in [2.05, 4.69) is 5.32 Å². The van der Waals surface area contributed by atoms with E-state index < -0.39 is 35.0 Å². The van der Waals surface area contributed by atoms with E-state index in [1.54, 1.807) is 24.3 Å². The summed E-state index contributed by atoms with van der Waals surface area (Å²) in [6, 6.07) is 6.72. The molecule has 0 fully saturated rings. The van der Waals surface area contributed by atoms with Gasteiger partial charge in [0, 0.05) is 12.6 Å². The maximum atomic E-state index is 13.8. The van der Waals surface area contributed by atoms with Crippen molar-refractivity contribution in [3.63, 3.8) is 0 Å². The molecular weight excluding hydrogens is 413 g/mol. The lowest BCUT2D eigenvalue weighted by atomic mass is 10.2. The lowest BCUT2D eigenvalue weighted by Gasteiger charge is -2.20. The standard InChI is InChI=1S/C22H23F3N2O4/c1-4-11-27(13-19(28)26-16-8-7-15(23)21(24)22(16)25)20(29)10-6-14-5-9-17(30-2)18(12-14)31-3/h5-10,12H,4,11,13H2,1-3H3,(H,26,28). The van der Waals surface area contributed by atoms with Crippen LogP contribution in [0.15, 0.2) is 36.4 Å². The summed E-state index contributed by atoms with van der Waals surface area (Å²) in [5.41, 5.74) is 0.171. The number of amides is 2. The van der Waals surface area contributed by atoms with Gasteiger partial charge in [-0.05, 0) is 42.3 Å². The van der Waals surface area contributed by atoms with Gasteiger partial charge in [0.2, 0.25) is 11.8 Å². The second-order valence-electron chi connectivity index (χ2n) is 6.48. The van der Waals surface area contributed by atoms with Gasteiger partial charge in [-0.3, -0.25) is 9.59 Å². The Kier molecular flexibility index (Phi) is 8.48. The number of nitrogens with zero attached hydrogens (tertiary/aromatic N) is 1. The molecule has 0 radical (unpaired) electrons. The third-order valence-corrected chi connectivity index (χ3v) is 4.27. The average Bonchev–Trinajstić information content (AvgIpc) is 2.77. The molecule has 2 aromatic rings. The number of benzene rings is 2. The fourth-order valence-corrected chi connectivity index (χ4v) is 2.75. The van der Waals surface area contributed by atoms with Crippen LogP contribution in [-0.2, 0) is 9.59 Å². The number of anilines is 1. The molecule has 6 nitrogen and oxygen atoms in total. The van der Waals surface area contributed by atoms with Gasteiger partial charge < -0.3 is 19.7 Å². The Morgan fingerprint density at radius 2 is 1.74 bits per heavy atom. The molecule has 9 heteroatoms. The molecule has 0 saturated carbocycles. The van der Waals surface area contributed by atoms with Crippen molar-refractivity contribution < 1.29 is 32.2 Å². The Labute approximate surface area is 178 Å². The SMILES string of the molecule is CCCN(CC(=O)Nc1ccc(F)c(F)c1F)C(=O)C=Cc1ccc(OC)c(OC)c1. The number of hydrogen-bond acceptors (Lipinski definition) is 4. The first-order valence-electron chi connectivity index (χ1n) is 9.43. The first kappa shape index (κ1) is 23.8. The minimum Gasteiger partial charge on any atom is -0.493 e. The third-order valence-electron chi connectivity index (χ3n) is 4.27. The summed E-state index contributed by atoms with van der Waals surface area (Å²) in [4.78, 5) is 26.0. The molecule has 2 aromatic carbocycles. The summed E-state index contributed by atoms with van der Waals surface area (Å²) >= 11 is 0. The van der Waals surface area contributed by atoms with Crippen molar-refractivity contribution in [1.82, 2.24) is 4.90 Å². The van der Waals surface area contributed by atoms with E-state index in [1.807, 2.05) is 6.92 Å². The van der Waals surface area contributed by atoms with Crippen molar-refractivity contribution in [3.8, 4) is 11.5 Å². The summed E-state index contributed by atoms with van der Waals surface area (Å²) < 4.78 is 50.5. The molecule has 0 saturated heterocycles. The van der Waals surface area contributed by atoms with Crippen LogP contribution in [0.4, 0.5) is 18.9 Å². The number of halogens is 3. The lowest BCUT2D eigenvalue weighted by Crippen LogP contribution is -2.37. The van der Waals surface area contributed by atoms with Crippen molar-refractivity contribution in [1.29, 1.82) is 0 Å². The maximum absolute atomic E-state index is 13.8. The quantitative estimate of drug-likeness (QED) is 0.477. The summed E-state index contributed by atoms with van der Waals surface area (Å²) in [6.45, 7) is 1.70. The molecule has 0 aromatic heterocycles. The monoisotopic (exact) mass is 436 g/mol. The van der Waals surface area contributed by atoms with Crippen LogP contribution < -0.4 is 14.8 Å². The summed E-state index contributed by atoms with van der Waals surface area (Å²) in [6.07, 6.45) is 3.42. The highest BCUT2D eigenvalue weighted by molar-refractivity contribution is 5.98. The molecule has 2 amide bonds. The molecule has 0 heterocycles. The van der Waals surface area contributed by atoms with Crippen LogP contribution in [0.5, 0.6) is 11.5 Å². The van der Waals surface area contributed by atoms with E-state index in [0.717, 1.165) is 6.07 Å². The normalized spacial score (nSPS) is 10.8. The van der Waals surface area contributed by atoms with E-state index in [0.29, 0.717) is 29.5 Å². The molecule has 0 atom stereocenters. The molecule has 0 bridgehead atoms. The van der Waals surface area contributed by atoms with Crippen LogP contribution in [0.1, 0.15) is 18.9 Å². The zero-order valence-corrected chi connectivity index (χ0v) is 17.4. The van der Waals surface area contributed by atoms with Crippen molar-refractivity contribution in [3.05, 3.63) is 59.4 Å². The minimum absolute atomic E-state index is 0.267. The molecule has 1 N–H and O–H groups in total. The van der Waals surface area contributed by atoms with Crippen molar-refractivity contribution in [2.45, 2.75) is 13.3 Å². The first-order valence-corrected chi connectivity index (χ1v) is 9.43. The van der Waals surface area contributed by atoms with Crippen LogP contribution in [0.25, 0.3) is 6.08 Å². The van der Waals surface area contributed by atoms with Gasteiger partial charge in [-0.25, -0.2) is 13.2 Å². The zero-order chi connectivity index (χ0) is 23.0. The van der Waals surface area contributed by atoms with Crippen LogP contribution in [0.2, 0.25) is 0 Å². The number of carbonyl (C=O) groups excluding carboxylic acids is 2. The smallest absolute Gasteiger partial charge is 0.247 e.